The normalized spacial score (nSPS) is 11.5. The molecule has 0 saturated heterocycles. The minimum absolute atomic E-state index is 0.0374. The second-order valence-electron chi connectivity index (χ2n) is 7.94. The monoisotopic (exact) mass is 535 g/mol. The van der Waals surface area contributed by atoms with Crippen LogP contribution in [0.1, 0.15) is 56.0 Å². The number of rotatable bonds is 9. The molecule has 0 aliphatic heterocycles. The second kappa shape index (κ2) is 13.2. The van der Waals surface area contributed by atoms with Gasteiger partial charge in [-0.05, 0) is 76.2 Å². The van der Waals surface area contributed by atoms with Crippen molar-refractivity contribution in [1.82, 2.24) is 16.2 Å². The predicted octanol–water partition coefficient (Wildman–Crippen LogP) is 4.71. The molecule has 0 bridgehead atoms. The molecular weight excluding hydrogens is 506 g/mol. The number of hydrogen-bond donors (Lipinski definition) is 3. The quantitative estimate of drug-likeness (QED) is 0.318. The van der Waals surface area contributed by atoms with E-state index >= 15 is 0 Å². The first-order valence-corrected chi connectivity index (χ1v) is 12.0. The number of carbonyl (C=O) groups excluding carboxylic acids is 2. The van der Waals surface area contributed by atoms with Crippen LogP contribution in [0.2, 0.25) is 0 Å². The van der Waals surface area contributed by atoms with Crippen molar-refractivity contribution in [3.8, 4) is 11.5 Å². The van der Waals surface area contributed by atoms with Crippen LogP contribution in [0.4, 0.5) is 0 Å². The summed E-state index contributed by atoms with van der Waals surface area (Å²) in [5.74, 6) is 1.18. The van der Waals surface area contributed by atoms with Crippen molar-refractivity contribution in [3.05, 3.63) is 58.1 Å². The fourth-order valence-electron chi connectivity index (χ4n) is 2.77. The summed E-state index contributed by atoms with van der Waals surface area (Å²) in [7, 11) is 0. The van der Waals surface area contributed by atoms with E-state index in [1.54, 1.807) is 18.2 Å². The van der Waals surface area contributed by atoms with Gasteiger partial charge in [0.2, 0.25) is 0 Å². The highest BCUT2D eigenvalue weighted by atomic mass is 79.9. The Kier molecular flexibility index (Phi) is 10.6. The van der Waals surface area contributed by atoms with Crippen molar-refractivity contribution >= 4 is 45.1 Å². The van der Waals surface area contributed by atoms with Crippen molar-refractivity contribution < 1.29 is 19.1 Å². The Bertz CT molecular complexity index is 984. The molecule has 178 valence electrons. The van der Waals surface area contributed by atoms with Crippen molar-refractivity contribution in [3.63, 3.8) is 0 Å². The Hall–Kier alpha value is -2.65. The van der Waals surface area contributed by atoms with Crippen LogP contribution in [0.15, 0.2) is 46.9 Å². The fourth-order valence-corrected chi connectivity index (χ4v) is 3.40. The van der Waals surface area contributed by atoms with Crippen molar-refractivity contribution in [1.29, 1.82) is 0 Å². The molecule has 0 radical (unpaired) electrons. The molecule has 9 heteroatoms. The number of amides is 2. The Balaban J connectivity index is 1.81. The van der Waals surface area contributed by atoms with E-state index in [1.807, 2.05) is 24.3 Å². The average Bonchev–Trinajstić information content (AvgIpc) is 2.80. The number of ether oxygens (including phenoxy) is 2. The molecule has 0 heterocycles. The van der Waals surface area contributed by atoms with E-state index in [0.717, 1.165) is 12.0 Å². The Morgan fingerprint density at radius 2 is 1.76 bits per heavy atom. The van der Waals surface area contributed by atoms with Crippen molar-refractivity contribution in [2.24, 2.45) is 5.92 Å². The molecule has 2 rings (SSSR count). The smallest absolute Gasteiger partial charge is 0.276 e. The van der Waals surface area contributed by atoms with E-state index in [2.05, 4.69) is 59.8 Å². The average molecular weight is 536 g/mol. The third-order valence-electron chi connectivity index (χ3n) is 4.73. The minimum atomic E-state index is -0.431. The first-order valence-electron chi connectivity index (χ1n) is 10.8. The summed E-state index contributed by atoms with van der Waals surface area (Å²) in [6.45, 7) is 8.70. The molecule has 2 aromatic rings. The molecule has 0 fully saturated rings. The first kappa shape index (κ1) is 26.6. The van der Waals surface area contributed by atoms with Gasteiger partial charge in [0.05, 0.1) is 11.1 Å². The number of halogens is 1. The van der Waals surface area contributed by atoms with E-state index in [-0.39, 0.29) is 11.7 Å². The highest BCUT2D eigenvalue weighted by Crippen LogP contribution is 2.28. The summed E-state index contributed by atoms with van der Waals surface area (Å²) in [5.41, 5.74) is 6.37. The topological polar surface area (TPSA) is 88.7 Å². The number of hydrogen-bond acceptors (Lipinski definition) is 5. The maximum Gasteiger partial charge on any atom is 0.276 e. The van der Waals surface area contributed by atoms with Gasteiger partial charge in [-0.1, -0.05) is 45.9 Å². The standard InChI is InChI=1S/C24H30BrN3O4S/c1-5-16(4)18-8-6-7-9-20(18)32-14-22(29)27-28-24(33)26-23(30)17-10-11-21(19(25)12-17)31-13-15(2)3/h6-12,15-16H,5,13-14H2,1-4H3,(H,27,29)(H2,26,28,30,33). The highest BCUT2D eigenvalue weighted by Gasteiger charge is 2.13. The second-order valence-corrected chi connectivity index (χ2v) is 9.20. The number of hydrazine groups is 1. The lowest BCUT2D eigenvalue weighted by Gasteiger charge is -2.16. The fraction of sp³-hybridized carbons (Fsp3) is 0.375. The molecule has 33 heavy (non-hydrogen) atoms. The number of benzene rings is 2. The maximum absolute atomic E-state index is 12.4. The van der Waals surface area contributed by atoms with Crippen LogP contribution >= 0.6 is 28.1 Å². The lowest BCUT2D eigenvalue weighted by Crippen LogP contribution is -2.49. The Morgan fingerprint density at radius 1 is 1.03 bits per heavy atom. The third-order valence-corrected chi connectivity index (χ3v) is 5.55. The summed E-state index contributed by atoms with van der Waals surface area (Å²) >= 11 is 8.50. The van der Waals surface area contributed by atoms with E-state index in [4.69, 9.17) is 21.7 Å². The van der Waals surface area contributed by atoms with Crippen LogP contribution in [0.25, 0.3) is 0 Å². The van der Waals surface area contributed by atoms with Gasteiger partial charge in [0.1, 0.15) is 11.5 Å². The van der Waals surface area contributed by atoms with E-state index in [0.29, 0.717) is 40.0 Å². The number of carbonyl (C=O) groups is 2. The minimum Gasteiger partial charge on any atom is -0.492 e. The molecule has 1 atom stereocenters. The molecule has 0 aliphatic carbocycles. The van der Waals surface area contributed by atoms with Gasteiger partial charge in [-0.3, -0.25) is 25.8 Å². The van der Waals surface area contributed by atoms with Gasteiger partial charge in [0.15, 0.2) is 11.7 Å². The van der Waals surface area contributed by atoms with Crippen LogP contribution in [0.3, 0.4) is 0 Å². The Morgan fingerprint density at radius 3 is 2.42 bits per heavy atom. The molecule has 3 N–H and O–H groups in total. The number of thiocarbonyl (C=S) groups is 1. The third kappa shape index (κ3) is 8.66. The van der Waals surface area contributed by atoms with Gasteiger partial charge in [0.25, 0.3) is 11.8 Å². The van der Waals surface area contributed by atoms with Gasteiger partial charge >= 0.3 is 0 Å². The molecule has 0 spiro atoms. The zero-order valence-corrected chi connectivity index (χ0v) is 21.6. The zero-order chi connectivity index (χ0) is 24.4. The lowest BCUT2D eigenvalue weighted by atomic mass is 9.98. The lowest BCUT2D eigenvalue weighted by molar-refractivity contribution is -0.123. The summed E-state index contributed by atoms with van der Waals surface area (Å²) in [5, 5.41) is 2.48. The molecule has 0 aromatic heterocycles. The van der Waals surface area contributed by atoms with Gasteiger partial charge in [-0.25, -0.2) is 0 Å². The molecule has 2 aromatic carbocycles. The van der Waals surface area contributed by atoms with Crippen LogP contribution in [-0.4, -0.2) is 30.1 Å². The molecular formula is C24H30BrN3O4S. The summed E-state index contributed by atoms with van der Waals surface area (Å²) in [4.78, 5) is 24.6. The highest BCUT2D eigenvalue weighted by molar-refractivity contribution is 9.10. The first-order chi connectivity index (χ1) is 15.7. The van der Waals surface area contributed by atoms with E-state index < -0.39 is 11.8 Å². The largest absolute Gasteiger partial charge is 0.492 e. The van der Waals surface area contributed by atoms with Gasteiger partial charge in [-0.15, -0.1) is 0 Å². The zero-order valence-electron chi connectivity index (χ0n) is 19.2. The van der Waals surface area contributed by atoms with Crippen molar-refractivity contribution in [2.45, 2.75) is 40.0 Å². The Labute approximate surface area is 208 Å². The summed E-state index contributed by atoms with van der Waals surface area (Å²) in [6.07, 6.45) is 0.965. The summed E-state index contributed by atoms with van der Waals surface area (Å²) in [6, 6.07) is 12.6. The van der Waals surface area contributed by atoms with Crippen LogP contribution < -0.4 is 25.6 Å². The molecule has 0 saturated carbocycles. The summed E-state index contributed by atoms with van der Waals surface area (Å²) < 4.78 is 12.0. The molecule has 0 aliphatic rings. The van der Waals surface area contributed by atoms with Gasteiger partial charge in [-0.2, -0.15) is 0 Å². The molecule has 7 nitrogen and oxygen atoms in total. The van der Waals surface area contributed by atoms with Crippen LogP contribution in [0.5, 0.6) is 11.5 Å². The van der Waals surface area contributed by atoms with Crippen molar-refractivity contribution in [2.75, 3.05) is 13.2 Å². The van der Waals surface area contributed by atoms with Gasteiger partial charge in [0, 0.05) is 5.56 Å². The van der Waals surface area contributed by atoms with E-state index in [1.165, 1.54) is 0 Å². The van der Waals surface area contributed by atoms with E-state index in [9.17, 15) is 9.59 Å². The van der Waals surface area contributed by atoms with Crippen LogP contribution in [0, 0.1) is 5.92 Å². The SMILES string of the molecule is CCC(C)c1ccccc1OCC(=O)NNC(=S)NC(=O)c1ccc(OCC(C)C)c(Br)c1. The number of nitrogens with one attached hydrogen (secondary N) is 3. The number of para-hydroxylation sites is 1. The van der Waals surface area contributed by atoms with Gasteiger partial charge < -0.3 is 9.47 Å². The maximum atomic E-state index is 12.4. The molecule has 2 amide bonds. The van der Waals surface area contributed by atoms with Crippen LogP contribution in [-0.2, 0) is 4.79 Å². The molecule has 1 unspecified atom stereocenters. The predicted molar refractivity (Wildman–Crippen MR) is 136 cm³/mol.